The van der Waals surface area contributed by atoms with E-state index < -0.39 is 10.8 Å². The molecule has 10 heteroatoms. The summed E-state index contributed by atoms with van der Waals surface area (Å²) >= 11 is 6.22. The molecule has 0 saturated heterocycles. The van der Waals surface area contributed by atoms with Crippen molar-refractivity contribution in [1.29, 1.82) is 0 Å². The van der Waals surface area contributed by atoms with Crippen LogP contribution in [-0.2, 0) is 13.6 Å². The van der Waals surface area contributed by atoms with Crippen LogP contribution in [0.4, 0.5) is 11.4 Å². The summed E-state index contributed by atoms with van der Waals surface area (Å²) in [4.78, 5) is 23.4. The van der Waals surface area contributed by atoms with Crippen LogP contribution < -0.4 is 5.32 Å². The molecule has 28 heavy (non-hydrogen) atoms. The Hall–Kier alpha value is -3.20. The molecule has 1 amide bonds. The molecule has 0 radical (unpaired) electrons. The third-order valence-electron chi connectivity index (χ3n) is 4.60. The van der Waals surface area contributed by atoms with E-state index in [1.54, 1.807) is 31.6 Å². The summed E-state index contributed by atoms with van der Waals surface area (Å²) in [5, 5.41) is 23.1. The van der Waals surface area contributed by atoms with Crippen LogP contribution in [0.5, 0.6) is 0 Å². The SMILES string of the molecule is Cc1nn(Cc2ccccc2Cl)c(C)c1NC(=O)c1nn(C)c(C)c1[N+](=O)[O-]. The van der Waals surface area contributed by atoms with Crippen molar-refractivity contribution >= 4 is 28.9 Å². The molecular formula is C18H19ClN6O3. The van der Waals surface area contributed by atoms with E-state index in [0.717, 1.165) is 5.56 Å². The van der Waals surface area contributed by atoms with E-state index in [1.807, 2.05) is 25.1 Å². The van der Waals surface area contributed by atoms with Crippen LogP contribution in [0.2, 0.25) is 5.02 Å². The molecule has 0 aliphatic rings. The minimum absolute atomic E-state index is 0.234. The number of carbonyl (C=O) groups is 1. The van der Waals surface area contributed by atoms with E-state index in [2.05, 4.69) is 15.5 Å². The van der Waals surface area contributed by atoms with E-state index in [4.69, 9.17) is 11.6 Å². The molecular weight excluding hydrogens is 384 g/mol. The standard InChI is InChI=1S/C18H19ClN6O3/c1-10-15(11(2)24(21-10)9-13-7-5-6-8-14(13)19)20-18(26)16-17(25(27)28)12(3)23(4)22-16/h5-8H,9H2,1-4H3,(H,20,26). The summed E-state index contributed by atoms with van der Waals surface area (Å²) in [7, 11) is 1.55. The van der Waals surface area contributed by atoms with E-state index in [0.29, 0.717) is 34.3 Å². The van der Waals surface area contributed by atoms with Crippen molar-refractivity contribution in [3.63, 3.8) is 0 Å². The number of halogens is 1. The first-order chi connectivity index (χ1) is 13.2. The second-order valence-electron chi connectivity index (χ2n) is 6.41. The van der Waals surface area contributed by atoms with Gasteiger partial charge in [-0.15, -0.1) is 0 Å². The Bertz CT molecular complexity index is 1090. The number of nitrogens with zero attached hydrogens (tertiary/aromatic N) is 5. The number of aromatic nitrogens is 4. The first kappa shape index (κ1) is 19.6. The number of nitro groups is 1. The summed E-state index contributed by atoms with van der Waals surface area (Å²) < 4.78 is 3.04. The Morgan fingerprint density at radius 3 is 2.54 bits per heavy atom. The van der Waals surface area contributed by atoms with Crippen molar-refractivity contribution in [2.24, 2.45) is 7.05 Å². The number of benzene rings is 1. The zero-order valence-electron chi connectivity index (χ0n) is 15.9. The first-order valence-electron chi connectivity index (χ1n) is 8.47. The van der Waals surface area contributed by atoms with Gasteiger partial charge < -0.3 is 5.32 Å². The van der Waals surface area contributed by atoms with Crippen molar-refractivity contribution in [2.75, 3.05) is 5.32 Å². The molecule has 0 aliphatic heterocycles. The van der Waals surface area contributed by atoms with Crippen molar-refractivity contribution in [1.82, 2.24) is 19.6 Å². The van der Waals surface area contributed by atoms with Gasteiger partial charge in [-0.3, -0.25) is 24.3 Å². The number of nitrogens with one attached hydrogen (secondary N) is 1. The van der Waals surface area contributed by atoms with Crippen molar-refractivity contribution in [3.8, 4) is 0 Å². The summed E-state index contributed by atoms with van der Waals surface area (Å²) in [6.45, 7) is 5.54. The normalized spacial score (nSPS) is 10.9. The molecule has 0 saturated carbocycles. The number of hydrogen-bond acceptors (Lipinski definition) is 5. The topological polar surface area (TPSA) is 108 Å². The number of aryl methyl sites for hydroxylation is 2. The smallest absolute Gasteiger partial charge is 0.317 e. The van der Waals surface area contributed by atoms with Gasteiger partial charge in [0.15, 0.2) is 0 Å². The Morgan fingerprint density at radius 2 is 1.89 bits per heavy atom. The molecule has 0 fully saturated rings. The molecule has 0 aliphatic carbocycles. The number of amides is 1. The highest BCUT2D eigenvalue weighted by atomic mass is 35.5. The van der Waals surface area contributed by atoms with Crippen molar-refractivity contribution < 1.29 is 9.72 Å². The summed E-state index contributed by atoms with van der Waals surface area (Å²) in [5.74, 6) is -0.654. The maximum Gasteiger partial charge on any atom is 0.322 e. The highest BCUT2D eigenvalue weighted by Crippen LogP contribution is 2.26. The fraction of sp³-hybridized carbons (Fsp3) is 0.278. The van der Waals surface area contributed by atoms with Crippen LogP contribution in [-0.4, -0.2) is 30.4 Å². The number of carbonyl (C=O) groups excluding carboxylic acids is 1. The molecule has 1 aromatic carbocycles. The molecule has 2 aromatic heterocycles. The second-order valence-corrected chi connectivity index (χ2v) is 6.82. The maximum atomic E-state index is 12.7. The quantitative estimate of drug-likeness (QED) is 0.519. The lowest BCUT2D eigenvalue weighted by Gasteiger charge is -2.08. The van der Waals surface area contributed by atoms with Gasteiger partial charge in [0, 0.05) is 12.1 Å². The van der Waals surface area contributed by atoms with Crippen LogP contribution in [0.3, 0.4) is 0 Å². The maximum absolute atomic E-state index is 12.7. The lowest BCUT2D eigenvalue weighted by atomic mass is 10.2. The van der Waals surface area contributed by atoms with Crippen LogP contribution in [0.25, 0.3) is 0 Å². The molecule has 0 unspecified atom stereocenters. The monoisotopic (exact) mass is 402 g/mol. The van der Waals surface area contributed by atoms with Gasteiger partial charge in [0.25, 0.3) is 5.91 Å². The summed E-state index contributed by atoms with van der Waals surface area (Å²) in [5.41, 5.74) is 2.45. The Labute approximate surface area is 166 Å². The van der Waals surface area contributed by atoms with Gasteiger partial charge in [-0.2, -0.15) is 10.2 Å². The average Bonchev–Trinajstić information content (AvgIpc) is 3.08. The van der Waals surface area contributed by atoms with Crippen LogP contribution >= 0.6 is 11.6 Å². The largest absolute Gasteiger partial charge is 0.322 e. The number of hydrogen-bond donors (Lipinski definition) is 1. The summed E-state index contributed by atoms with van der Waals surface area (Å²) in [6, 6.07) is 7.43. The molecule has 3 rings (SSSR count). The predicted octanol–water partition coefficient (Wildman–Crippen LogP) is 3.40. The fourth-order valence-electron chi connectivity index (χ4n) is 2.96. The van der Waals surface area contributed by atoms with Crippen molar-refractivity contribution in [2.45, 2.75) is 27.3 Å². The van der Waals surface area contributed by atoms with Gasteiger partial charge in [0.1, 0.15) is 5.69 Å². The lowest BCUT2D eigenvalue weighted by Crippen LogP contribution is -2.16. The van der Waals surface area contributed by atoms with E-state index in [9.17, 15) is 14.9 Å². The Kier molecular flexibility index (Phi) is 5.19. The first-order valence-corrected chi connectivity index (χ1v) is 8.85. The van der Waals surface area contributed by atoms with Gasteiger partial charge in [-0.05, 0) is 32.4 Å². The zero-order valence-corrected chi connectivity index (χ0v) is 16.6. The highest BCUT2D eigenvalue weighted by molar-refractivity contribution is 6.31. The van der Waals surface area contributed by atoms with Gasteiger partial charge in [-0.1, -0.05) is 29.8 Å². The molecule has 0 bridgehead atoms. The summed E-state index contributed by atoms with van der Waals surface area (Å²) in [6.07, 6.45) is 0. The Morgan fingerprint density at radius 1 is 1.21 bits per heavy atom. The lowest BCUT2D eigenvalue weighted by molar-refractivity contribution is -0.385. The third-order valence-corrected chi connectivity index (χ3v) is 4.97. The predicted molar refractivity (Wildman–Crippen MR) is 105 cm³/mol. The van der Waals surface area contributed by atoms with E-state index >= 15 is 0 Å². The number of rotatable bonds is 5. The van der Waals surface area contributed by atoms with Crippen LogP contribution in [0.1, 0.15) is 33.1 Å². The minimum atomic E-state index is -0.654. The molecule has 0 atom stereocenters. The molecule has 0 spiro atoms. The third kappa shape index (κ3) is 3.48. The molecule has 146 valence electrons. The Balaban J connectivity index is 1.91. The molecule has 9 nitrogen and oxygen atoms in total. The van der Waals surface area contributed by atoms with Gasteiger partial charge in [0.05, 0.1) is 28.5 Å². The molecule has 1 N–H and O–H groups in total. The number of anilines is 1. The zero-order chi connectivity index (χ0) is 20.6. The highest BCUT2D eigenvalue weighted by Gasteiger charge is 2.30. The fourth-order valence-corrected chi connectivity index (χ4v) is 3.16. The van der Waals surface area contributed by atoms with E-state index in [-0.39, 0.29) is 11.4 Å². The van der Waals surface area contributed by atoms with E-state index in [1.165, 1.54) is 4.68 Å². The average molecular weight is 403 g/mol. The molecule has 3 aromatic rings. The van der Waals surface area contributed by atoms with Crippen LogP contribution in [0, 0.1) is 30.9 Å². The van der Waals surface area contributed by atoms with Gasteiger partial charge >= 0.3 is 5.69 Å². The second kappa shape index (κ2) is 7.43. The minimum Gasteiger partial charge on any atom is -0.317 e. The van der Waals surface area contributed by atoms with Crippen molar-refractivity contribution in [3.05, 3.63) is 67.7 Å². The van der Waals surface area contributed by atoms with Gasteiger partial charge in [-0.25, -0.2) is 0 Å². The van der Waals surface area contributed by atoms with Crippen LogP contribution in [0.15, 0.2) is 24.3 Å². The van der Waals surface area contributed by atoms with Gasteiger partial charge in [0.2, 0.25) is 5.69 Å². The molecule has 2 heterocycles.